The van der Waals surface area contributed by atoms with E-state index in [1.54, 1.807) is 0 Å². The van der Waals surface area contributed by atoms with Crippen LogP contribution >= 0.6 is 0 Å². The van der Waals surface area contributed by atoms with Crippen molar-refractivity contribution in [3.63, 3.8) is 0 Å². The molecule has 1 aromatic rings. The van der Waals surface area contributed by atoms with Crippen molar-refractivity contribution in [3.8, 4) is 0 Å². The molecule has 3 heterocycles. The van der Waals surface area contributed by atoms with Crippen molar-refractivity contribution in [1.29, 1.82) is 0 Å². The molecule has 3 saturated heterocycles. The molecule has 0 aromatic heterocycles. The number of hydrogen-bond acceptors (Lipinski definition) is 5. The van der Waals surface area contributed by atoms with Gasteiger partial charge < -0.3 is 19.9 Å². The standard InChI is InChI=1S/C23H34N4O3/c28-22(24-19-6-8-20(9-7-19)25-15-17-30-18-16-25)10-14-26-11-2-1-5-21(26)23(29)27-12-3-4-13-27/h6-9,21H,1-5,10-18H2,(H,24,28). The topological polar surface area (TPSA) is 65.1 Å². The summed E-state index contributed by atoms with van der Waals surface area (Å²) < 4.78 is 5.40. The third-order valence-corrected chi connectivity index (χ3v) is 6.47. The predicted molar refractivity (Wildman–Crippen MR) is 118 cm³/mol. The maximum absolute atomic E-state index is 12.9. The molecule has 7 heteroatoms. The van der Waals surface area contributed by atoms with Gasteiger partial charge in [0.05, 0.1) is 19.3 Å². The first-order chi connectivity index (χ1) is 14.7. The number of piperidine rings is 1. The monoisotopic (exact) mass is 414 g/mol. The fraction of sp³-hybridized carbons (Fsp3) is 0.652. The van der Waals surface area contributed by atoms with E-state index in [0.29, 0.717) is 13.0 Å². The average molecular weight is 415 g/mol. The van der Waals surface area contributed by atoms with E-state index in [4.69, 9.17) is 4.74 Å². The first kappa shape index (κ1) is 21.1. The number of anilines is 2. The van der Waals surface area contributed by atoms with E-state index < -0.39 is 0 Å². The minimum absolute atomic E-state index is 0.00654. The van der Waals surface area contributed by atoms with Gasteiger partial charge >= 0.3 is 0 Å². The van der Waals surface area contributed by atoms with E-state index in [1.165, 1.54) is 0 Å². The molecule has 7 nitrogen and oxygen atoms in total. The number of nitrogens with one attached hydrogen (secondary N) is 1. The molecular formula is C23H34N4O3. The highest BCUT2D eigenvalue weighted by Crippen LogP contribution is 2.22. The summed E-state index contributed by atoms with van der Waals surface area (Å²) in [6, 6.07) is 7.98. The van der Waals surface area contributed by atoms with E-state index in [1.807, 2.05) is 17.0 Å². The van der Waals surface area contributed by atoms with E-state index in [9.17, 15) is 9.59 Å². The smallest absolute Gasteiger partial charge is 0.239 e. The van der Waals surface area contributed by atoms with Gasteiger partial charge in [-0.2, -0.15) is 0 Å². The van der Waals surface area contributed by atoms with Gasteiger partial charge in [-0.1, -0.05) is 6.42 Å². The lowest BCUT2D eigenvalue weighted by atomic mass is 10.0. The number of carbonyl (C=O) groups excluding carboxylic acids is 2. The number of morpholine rings is 1. The first-order valence-corrected chi connectivity index (χ1v) is 11.5. The van der Waals surface area contributed by atoms with Gasteiger partial charge in [-0.05, 0) is 56.5 Å². The van der Waals surface area contributed by atoms with E-state index in [-0.39, 0.29) is 17.9 Å². The Kier molecular flexibility index (Phi) is 7.23. The Morgan fingerprint density at radius 2 is 1.63 bits per heavy atom. The summed E-state index contributed by atoms with van der Waals surface area (Å²) in [6.07, 6.45) is 5.77. The molecule has 2 amide bonds. The Bertz CT molecular complexity index is 712. The van der Waals surface area contributed by atoms with E-state index in [0.717, 1.165) is 89.4 Å². The number of carbonyl (C=O) groups is 2. The summed E-state index contributed by atoms with van der Waals surface area (Å²) in [6.45, 7) is 6.66. The lowest BCUT2D eigenvalue weighted by Gasteiger charge is -2.36. The molecule has 3 aliphatic heterocycles. The van der Waals surface area contributed by atoms with Crippen LogP contribution < -0.4 is 10.2 Å². The minimum atomic E-state index is -0.0440. The maximum atomic E-state index is 12.9. The quantitative estimate of drug-likeness (QED) is 0.774. The van der Waals surface area contributed by atoms with Crippen molar-refractivity contribution in [2.75, 3.05) is 62.7 Å². The number of hydrogen-bond donors (Lipinski definition) is 1. The third kappa shape index (κ3) is 5.32. The zero-order chi connectivity index (χ0) is 20.8. The van der Waals surface area contributed by atoms with Gasteiger partial charge in [-0.25, -0.2) is 0 Å². The van der Waals surface area contributed by atoms with Crippen LogP contribution in [-0.4, -0.2) is 80.1 Å². The molecule has 30 heavy (non-hydrogen) atoms. The molecule has 0 saturated carbocycles. The Labute approximate surface area is 179 Å². The molecule has 1 atom stereocenters. The highest BCUT2D eigenvalue weighted by Gasteiger charge is 2.32. The van der Waals surface area contributed by atoms with Gasteiger partial charge in [-0.3, -0.25) is 14.5 Å². The van der Waals surface area contributed by atoms with Crippen molar-refractivity contribution >= 4 is 23.2 Å². The van der Waals surface area contributed by atoms with Gasteiger partial charge in [-0.15, -0.1) is 0 Å². The van der Waals surface area contributed by atoms with Gasteiger partial charge in [0.2, 0.25) is 11.8 Å². The molecule has 1 N–H and O–H groups in total. The summed E-state index contributed by atoms with van der Waals surface area (Å²) in [5, 5.41) is 3.01. The molecule has 0 bridgehead atoms. The van der Waals surface area contributed by atoms with Gasteiger partial charge in [0.25, 0.3) is 0 Å². The number of ether oxygens (including phenoxy) is 1. The molecule has 3 fully saturated rings. The number of amides is 2. The van der Waals surface area contributed by atoms with Gasteiger partial charge in [0.15, 0.2) is 0 Å². The highest BCUT2D eigenvalue weighted by molar-refractivity contribution is 5.91. The van der Waals surface area contributed by atoms with Crippen molar-refractivity contribution in [2.45, 2.75) is 44.6 Å². The van der Waals surface area contributed by atoms with Gasteiger partial charge in [0.1, 0.15) is 0 Å². The van der Waals surface area contributed by atoms with Crippen LogP contribution in [0.5, 0.6) is 0 Å². The second kappa shape index (κ2) is 10.3. The highest BCUT2D eigenvalue weighted by atomic mass is 16.5. The lowest BCUT2D eigenvalue weighted by molar-refractivity contribution is -0.137. The van der Waals surface area contributed by atoms with Crippen LogP contribution in [-0.2, 0) is 14.3 Å². The normalized spacial score (nSPS) is 22.9. The van der Waals surface area contributed by atoms with Crippen molar-refractivity contribution in [3.05, 3.63) is 24.3 Å². The third-order valence-electron chi connectivity index (χ3n) is 6.47. The number of likely N-dealkylation sites (tertiary alicyclic amines) is 2. The second-order valence-corrected chi connectivity index (χ2v) is 8.52. The predicted octanol–water partition coefficient (Wildman–Crippen LogP) is 2.33. The number of nitrogens with zero attached hydrogens (tertiary/aromatic N) is 3. The van der Waals surface area contributed by atoms with Crippen LogP contribution in [0.4, 0.5) is 11.4 Å². The van der Waals surface area contributed by atoms with Crippen LogP contribution in [0.3, 0.4) is 0 Å². The molecule has 4 rings (SSSR count). The lowest BCUT2D eigenvalue weighted by Crippen LogP contribution is -2.50. The molecule has 164 valence electrons. The minimum Gasteiger partial charge on any atom is -0.378 e. The number of benzene rings is 1. The fourth-order valence-corrected chi connectivity index (χ4v) is 4.73. The van der Waals surface area contributed by atoms with Crippen LogP contribution in [0.25, 0.3) is 0 Å². The number of rotatable bonds is 6. The molecule has 0 spiro atoms. The van der Waals surface area contributed by atoms with Crippen LogP contribution in [0.2, 0.25) is 0 Å². The average Bonchev–Trinajstić information content (AvgIpc) is 3.34. The summed E-state index contributed by atoms with van der Waals surface area (Å²) >= 11 is 0. The SMILES string of the molecule is O=C(CCN1CCCCC1C(=O)N1CCCC1)Nc1ccc(N2CCOCC2)cc1. The summed E-state index contributed by atoms with van der Waals surface area (Å²) in [4.78, 5) is 31.9. The Morgan fingerprint density at radius 3 is 2.37 bits per heavy atom. The molecule has 0 radical (unpaired) electrons. The van der Waals surface area contributed by atoms with Crippen LogP contribution in [0.1, 0.15) is 38.5 Å². The van der Waals surface area contributed by atoms with Crippen molar-refractivity contribution in [1.82, 2.24) is 9.80 Å². The largest absolute Gasteiger partial charge is 0.378 e. The molecule has 1 unspecified atom stereocenters. The molecular weight excluding hydrogens is 380 g/mol. The Morgan fingerprint density at radius 1 is 0.933 bits per heavy atom. The maximum Gasteiger partial charge on any atom is 0.239 e. The molecule has 3 aliphatic rings. The van der Waals surface area contributed by atoms with Crippen molar-refractivity contribution in [2.24, 2.45) is 0 Å². The second-order valence-electron chi connectivity index (χ2n) is 8.52. The van der Waals surface area contributed by atoms with Crippen molar-refractivity contribution < 1.29 is 14.3 Å². The van der Waals surface area contributed by atoms with Crippen LogP contribution in [0, 0.1) is 0 Å². The zero-order valence-corrected chi connectivity index (χ0v) is 17.9. The van der Waals surface area contributed by atoms with Gasteiger partial charge in [0, 0.05) is 50.5 Å². The summed E-state index contributed by atoms with van der Waals surface area (Å²) in [5.41, 5.74) is 1.98. The van der Waals surface area contributed by atoms with E-state index >= 15 is 0 Å². The van der Waals surface area contributed by atoms with Crippen LogP contribution in [0.15, 0.2) is 24.3 Å². The zero-order valence-electron chi connectivity index (χ0n) is 17.9. The summed E-state index contributed by atoms with van der Waals surface area (Å²) in [5.74, 6) is 0.276. The fourth-order valence-electron chi connectivity index (χ4n) is 4.73. The Balaban J connectivity index is 1.26. The first-order valence-electron chi connectivity index (χ1n) is 11.5. The molecule has 0 aliphatic carbocycles. The molecule has 1 aromatic carbocycles. The summed E-state index contributed by atoms with van der Waals surface area (Å²) in [7, 11) is 0. The van der Waals surface area contributed by atoms with E-state index in [2.05, 4.69) is 27.2 Å². The Hall–Kier alpha value is -2.12.